The predicted octanol–water partition coefficient (Wildman–Crippen LogP) is 3.02. The molecule has 8 heteroatoms. The van der Waals surface area contributed by atoms with Gasteiger partial charge in [0.05, 0.1) is 19.0 Å². The third kappa shape index (κ3) is 4.69. The maximum Gasteiger partial charge on any atom is 0.411 e. The van der Waals surface area contributed by atoms with Crippen molar-refractivity contribution in [3.8, 4) is 0 Å². The average Bonchev–Trinajstić information content (AvgIpc) is 2.74. The van der Waals surface area contributed by atoms with Gasteiger partial charge in [0.25, 0.3) is 5.91 Å². The SMILES string of the molecule is COC(=O)Nc1cc(C(=O)Nc2ccc(CN)cc2)cc2ccc(/C=N/N)cc12. The number of hydrazone groups is 1. The van der Waals surface area contributed by atoms with Gasteiger partial charge < -0.3 is 21.6 Å². The molecule has 0 bridgehead atoms. The van der Waals surface area contributed by atoms with Gasteiger partial charge in [-0.15, -0.1) is 0 Å². The van der Waals surface area contributed by atoms with E-state index >= 15 is 0 Å². The van der Waals surface area contributed by atoms with Gasteiger partial charge in [0.1, 0.15) is 0 Å². The van der Waals surface area contributed by atoms with E-state index in [9.17, 15) is 9.59 Å². The Hall–Kier alpha value is -3.91. The van der Waals surface area contributed by atoms with Gasteiger partial charge in [-0.3, -0.25) is 10.1 Å². The van der Waals surface area contributed by atoms with E-state index in [2.05, 4.69) is 15.7 Å². The lowest BCUT2D eigenvalue weighted by Crippen LogP contribution is -2.15. The molecule has 0 aliphatic heterocycles. The van der Waals surface area contributed by atoms with Gasteiger partial charge in [-0.05, 0) is 46.8 Å². The van der Waals surface area contributed by atoms with Gasteiger partial charge >= 0.3 is 6.09 Å². The number of anilines is 2. The second-order valence-electron chi connectivity index (χ2n) is 6.25. The number of benzene rings is 3. The van der Waals surface area contributed by atoms with E-state index in [0.717, 1.165) is 21.9 Å². The first kappa shape index (κ1) is 19.8. The molecule has 0 saturated carbocycles. The van der Waals surface area contributed by atoms with Crippen LogP contribution >= 0.6 is 0 Å². The van der Waals surface area contributed by atoms with E-state index in [1.165, 1.54) is 13.3 Å². The largest absolute Gasteiger partial charge is 0.453 e. The highest BCUT2D eigenvalue weighted by atomic mass is 16.5. The number of carbonyl (C=O) groups excluding carboxylic acids is 2. The number of amides is 2. The predicted molar refractivity (Wildman–Crippen MR) is 114 cm³/mol. The standard InChI is InChI=1S/C21H21N5O3/c1-29-21(28)26-19-10-16(9-15-5-2-14(12-24-23)8-18(15)19)20(27)25-17-6-3-13(11-22)4-7-17/h2-10,12H,11,22-23H2,1H3,(H,25,27)(H,26,28)/b24-12+. The number of methoxy groups -OCH3 is 1. The van der Waals surface area contributed by atoms with Crippen molar-refractivity contribution >= 4 is 40.4 Å². The lowest BCUT2D eigenvalue weighted by molar-refractivity contribution is 0.102. The van der Waals surface area contributed by atoms with Crippen molar-refractivity contribution in [1.29, 1.82) is 0 Å². The van der Waals surface area contributed by atoms with Gasteiger partial charge in [0.15, 0.2) is 0 Å². The minimum Gasteiger partial charge on any atom is -0.453 e. The maximum atomic E-state index is 12.8. The minimum absolute atomic E-state index is 0.312. The van der Waals surface area contributed by atoms with Crippen LogP contribution in [0.15, 0.2) is 59.7 Å². The van der Waals surface area contributed by atoms with Crippen molar-refractivity contribution < 1.29 is 14.3 Å². The zero-order chi connectivity index (χ0) is 20.8. The Morgan fingerprint density at radius 3 is 2.48 bits per heavy atom. The Kier molecular flexibility index (Phi) is 6.06. The number of hydrogen-bond acceptors (Lipinski definition) is 6. The van der Waals surface area contributed by atoms with Crippen LogP contribution in [0.25, 0.3) is 10.8 Å². The second-order valence-corrected chi connectivity index (χ2v) is 6.25. The van der Waals surface area contributed by atoms with Crippen molar-refractivity contribution in [1.82, 2.24) is 0 Å². The number of carbonyl (C=O) groups is 2. The summed E-state index contributed by atoms with van der Waals surface area (Å²) in [5, 5.41) is 10.5. The molecule has 0 radical (unpaired) electrons. The zero-order valence-electron chi connectivity index (χ0n) is 15.8. The monoisotopic (exact) mass is 391 g/mol. The molecule has 3 aromatic rings. The van der Waals surface area contributed by atoms with Gasteiger partial charge in [0, 0.05) is 23.2 Å². The van der Waals surface area contributed by atoms with Crippen molar-refractivity contribution in [2.45, 2.75) is 6.54 Å². The highest BCUT2D eigenvalue weighted by Gasteiger charge is 2.13. The second kappa shape index (κ2) is 8.85. The molecule has 0 aliphatic rings. The molecule has 148 valence electrons. The maximum absolute atomic E-state index is 12.8. The molecule has 6 N–H and O–H groups in total. The molecule has 3 rings (SSSR count). The molecule has 0 unspecified atom stereocenters. The number of nitrogens with one attached hydrogen (secondary N) is 2. The molecular formula is C21H21N5O3. The molecule has 0 atom stereocenters. The third-order valence-electron chi connectivity index (χ3n) is 4.33. The van der Waals surface area contributed by atoms with Crippen LogP contribution in [0.3, 0.4) is 0 Å². The average molecular weight is 391 g/mol. The van der Waals surface area contributed by atoms with Gasteiger partial charge in [-0.1, -0.05) is 24.3 Å². The molecule has 3 aromatic carbocycles. The van der Waals surface area contributed by atoms with E-state index in [4.69, 9.17) is 16.3 Å². The first-order valence-corrected chi connectivity index (χ1v) is 8.80. The van der Waals surface area contributed by atoms with E-state index in [0.29, 0.717) is 23.5 Å². The van der Waals surface area contributed by atoms with E-state index in [1.54, 1.807) is 24.3 Å². The molecule has 0 spiro atoms. The summed E-state index contributed by atoms with van der Waals surface area (Å²) in [5.74, 6) is 4.91. The van der Waals surface area contributed by atoms with Crippen LogP contribution in [-0.2, 0) is 11.3 Å². The molecule has 2 amide bonds. The van der Waals surface area contributed by atoms with Crippen LogP contribution in [-0.4, -0.2) is 25.3 Å². The Morgan fingerprint density at radius 2 is 1.83 bits per heavy atom. The Bertz CT molecular complexity index is 1080. The smallest absolute Gasteiger partial charge is 0.411 e. The molecular weight excluding hydrogens is 370 g/mol. The topological polar surface area (TPSA) is 132 Å². The summed E-state index contributed by atoms with van der Waals surface area (Å²) in [6, 6.07) is 16.0. The molecule has 0 fully saturated rings. The van der Waals surface area contributed by atoms with Crippen LogP contribution in [0.5, 0.6) is 0 Å². The number of nitrogens with zero attached hydrogens (tertiary/aromatic N) is 1. The summed E-state index contributed by atoms with van der Waals surface area (Å²) >= 11 is 0. The fourth-order valence-electron chi connectivity index (χ4n) is 2.86. The minimum atomic E-state index is -0.640. The van der Waals surface area contributed by atoms with Crippen molar-refractivity contribution in [3.63, 3.8) is 0 Å². The fourth-order valence-corrected chi connectivity index (χ4v) is 2.86. The van der Waals surface area contributed by atoms with Gasteiger partial charge in [-0.2, -0.15) is 5.10 Å². The van der Waals surface area contributed by atoms with Crippen LogP contribution in [0.4, 0.5) is 16.2 Å². The normalized spacial score (nSPS) is 10.8. The van der Waals surface area contributed by atoms with E-state index in [-0.39, 0.29) is 5.91 Å². The molecule has 0 aromatic heterocycles. The summed E-state index contributed by atoms with van der Waals surface area (Å²) in [7, 11) is 1.27. The van der Waals surface area contributed by atoms with Crippen LogP contribution in [0.1, 0.15) is 21.5 Å². The lowest BCUT2D eigenvalue weighted by atomic mass is 10.0. The molecule has 8 nitrogen and oxygen atoms in total. The molecule has 0 saturated heterocycles. The summed E-state index contributed by atoms with van der Waals surface area (Å²) in [5.41, 5.74) is 8.78. The Balaban J connectivity index is 1.99. The number of fused-ring (bicyclic) bond motifs is 1. The van der Waals surface area contributed by atoms with Crippen molar-refractivity contribution in [2.75, 3.05) is 17.7 Å². The van der Waals surface area contributed by atoms with Crippen LogP contribution < -0.4 is 22.2 Å². The third-order valence-corrected chi connectivity index (χ3v) is 4.33. The van der Waals surface area contributed by atoms with Gasteiger partial charge in [-0.25, -0.2) is 4.79 Å². The summed E-state index contributed by atoms with van der Waals surface area (Å²) in [4.78, 5) is 24.5. The number of ether oxygens (including phenoxy) is 1. The highest BCUT2D eigenvalue weighted by Crippen LogP contribution is 2.27. The fraction of sp³-hybridized carbons (Fsp3) is 0.0952. The van der Waals surface area contributed by atoms with Crippen molar-refractivity contribution in [2.24, 2.45) is 16.7 Å². The lowest BCUT2D eigenvalue weighted by Gasteiger charge is -2.12. The number of hydrogen-bond donors (Lipinski definition) is 4. The quantitative estimate of drug-likeness (QED) is 0.301. The van der Waals surface area contributed by atoms with E-state index < -0.39 is 6.09 Å². The molecule has 0 heterocycles. The van der Waals surface area contributed by atoms with Crippen molar-refractivity contribution in [3.05, 3.63) is 71.3 Å². The van der Waals surface area contributed by atoms with Gasteiger partial charge in [0.2, 0.25) is 0 Å². The zero-order valence-corrected chi connectivity index (χ0v) is 15.8. The Morgan fingerprint density at radius 1 is 1.07 bits per heavy atom. The summed E-state index contributed by atoms with van der Waals surface area (Å²) < 4.78 is 4.69. The highest BCUT2D eigenvalue weighted by molar-refractivity contribution is 6.11. The van der Waals surface area contributed by atoms with Crippen LogP contribution in [0, 0.1) is 0 Å². The Labute approximate surface area is 167 Å². The summed E-state index contributed by atoms with van der Waals surface area (Å²) in [6.45, 7) is 0.429. The number of rotatable bonds is 5. The van der Waals surface area contributed by atoms with E-state index in [1.807, 2.05) is 30.3 Å². The molecule has 0 aliphatic carbocycles. The first-order chi connectivity index (χ1) is 14.0. The molecule has 29 heavy (non-hydrogen) atoms. The summed E-state index contributed by atoms with van der Waals surface area (Å²) in [6.07, 6.45) is 0.853. The van der Waals surface area contributed by atoms with Crippen LogP contribution in [0.2, 0.25) is 0 Å². The first-order valence-electron chi connectivity index (χ1n) is 8.80. The number of nitrogens with two attached hydrogens (primary N) is 2.